The van der Waals surface area contributed by atoms with E-state index in [1.54, 1.807) is 13.0 Å². The maximum absolute atomic E-state index is 13.5. The third-order valence-electron chi connectivity index (χ3n) is 2.86. The van der Waals surface area contributed by atoms with Crippen LogP contribution in [0, 0.1) is 5.82 Å². The molecule has 0 bridgehead atoms. The highest BCUT2D eigenvalue weighted by Crippen LogP contribution is 2.18. The van der Waals surface area contributed by atoms with E-state index >= 15 is 0 Å². The van der Waals surface area contributed by atoms with Gasteiger partial charge in [0, 0.05) is 11.3 Å². The van der Waals surface area contributed by atoms with Crippen LogP contribution in [0.4, 0.5) is 4.39 Å². The number of ether oxygens (including phenoxy) is 1. The molecule has 0 atom stereocenters. The van der Waals surface area contributed by atoms with E-state index in [4.69, 9.17) is 17.3 Å². The lowest BCUT2D eigenvalue weighted by Gasteiger charge is -2.08. The first-order valence-electron chi connectivity index (χ1n) is 6.22. The number of carbonyl (C=O) groups is 1. The lowest BCUT2D eigenvalue weighted by atomic mass is 10.1. The first-order chi connectivity index (χ1) is 10.3. The van der Waals surface area contributed by atoms with Gasteiger partial charge in [-0.25, -0.2) is 14.2 Å². The molecule has 22 heavy (non-hydrogen) atoms. The van der Waals surface area contributed by atoms with Crippen LogP contribution >= 0.6 is 11.6 Å². The molecule has 0 fully saturated rings. The molecule has 0 aliphatic heterocycles. The van der Waals surface area contributed by atoms with Crippen LogP contribution < -0.4 is 5.73 Å². The van der Waals surface area contributed by atoms with Gasteiger partial charge in [-0.05, 0) is 24.6 Å². The molecule has 0 amide bonds. The molecule has 0 unspecified atom stereocenters. The molecule has 1 aromatic rings. The van der Waals surface area contributed by atoms with E-state index < -0.39 is 11.8 Å². The predicted octanol–water partition coefficient (Wildman–Crippen LogP) is 3.37. The number of hydrogen-bond donors (Lipinski definition) is 1. The van der Waals surface area contributed by atoms with Gasteiger partial charge in [0.2, 0.25) is 0 Å². The van der Waals surface area contributed by atoms with E-state index in [2.05, 4.69) is 22.9 Å². The summed E-state index contributed by atoms with van der Waals surface area (Å²) < 4.78 is 18.0. The molecule has 0 spiro atoms. The second-order valence-corrected chi connectivity index (χ2v) is 4.71. The Labute approximate surface area is 133 Å². The summed E-state index contributed by atoms with van der Waals surface area (Å²) >= 11 is 5.63. The standard InChI is InChI=1S/C16H16ClFN2O2/c1-5-12(9(2)16(21)22-4)15(19)20-10(3)11-6-7-13(17)14(18)8-11/h5-8H,1-2,19H2,3-4H3/b15-12-,20-10+. The number of hydrogen-bond acceptors (Lipinski definition) is 4. The quantitative estimate of drug-likeness (QED) is 0.391. The number of nitrogens with zero attached hydrogens (tertiary/aromatic N) is 1. The van der Waals surface area contributed by atoms with Gasteiger partial charge in [-0.15, -0.1) is 0 Å². The van der Waals surface area contributed by atoms with E-state index in [1.807, 2.05) is 0 Å². The van der Waals surface area contributed by atoms with Crippen molar-refractivity contribution < 1.29 is 13.9 Å². The molecule has 2 N–H and O–H groups in total. The number of methoxy groups -OCH3 is 1. The molecular formula is C16H16ClFN2O2. The van der Waals surface area contributed by atoms with E-state index in [9.17, 15) is 9.18 Å². The Bertz CT molecular complexity index is 693. The zero-order valence-corrected chi connectivity index (χ0v) is 13.1. The smallest absolute Gasteiger partial charge is 0.337 e. The van der Waals surface area contributed by atoms with Gasteiger partial charge in [0.1, 0.15) is 11.6 Å². The summed E-state index contributed by atoms with van der Waals surface area (Å²) in [6, 6.07) is 4.28. The number of benzene rings is 1. The zero-order valence-electron chi connectivity index (χ0n) is 12.3. The maximum Gasteiger partial charge on any atom is 0.337 e. The predicted molar refractivity (Wildman–Crippen MR) is 86.2 cm³/mol. The van der Waals surface area contributed by atoms with Gasteiger partial charge >= 0.3 is 5.97 Å². The van der Waals surface area contributed by atoms with Crippen LogP contribution in [-0.2, 0) is 9.53 Å². The van der Waals surface area contributed by atoms with Crippen LogP contribution in [0.2, 0.25) is 5.02 Å². The fraction of sp³-hybridized carbons (Fsp3) is 0.125. The highest BCUT2D eigenvalue weighted by atomic mass is 35.5. The fourth-order valence-corrected chi connectivity index (χ4v) is 1.76. The number of aliphatic imine (C=N–C) groups is 1. The third-order valence-corrected chi connectivity index (χ3v) is 3.17. The number of nitrogens with two attached hydrogens (primary N) is 1. The molecule has 0 saturated heterocycles. The maximum atomic E-state index is 13.5. The lowest BCUT2D eigenvalue weighted by Crippen LogP contribution is -2.10. The van der Waals surface area contributed by atoms with E-state index in [0.717, 1.165) is 0 Å². The van der Waals surface area contributed by atoms with Gasteiger partial charge in [-0.2, -0.15) is 0 Å². The molecule has 1 rings (SSSR count). The number of halogens is 2. The second kappa shape index (κ2) is 7.56. The molecule has 0 saturated carbocycles. The van der Waals surface area contributed by atoms with Crippen LogP contribution in [0.15, 0.2) is 59.4 Å². The van der Waals surface area contributed by atoms with Crippen molar-refractivity contribution in [1.29, 1.82) is 0 Å². The van der Waals surface area contributed by atoms with Crippen LogP contribution in [0.1, 0.15) is 12.5 Å². The van der Waals surface area contributed by atoms with Gasteiger partial charge in [-0.1, -0.05) is 36.9 Å². The Balaban J connectivity index is 3.24. The zero-order chi connectivity index (χ0) is 16.9. The van der Waals surface area contributed by atoms with Gasteiger partial charge in [-0.3, -0.25) is 0 Å². The first kappa shape index (κ1) is 17.7. The number of allylic oxidation sites excluding steroid dienone is 1. The highest BCUT2D eigenvalue weighted by molar-refractivity contribution is 6.30. The topological polar surface area (TPSA) is 64.7 Å². The van der Waals surface area contributed by atoms with Crippen molar-refractivity contribution >= 4 is 23.3 Å². The van der Waals surface area contributed by atoms with Crippen LogP contribution in [-0.4, -0.2) is 18.8 Å². The summed E-state index contributed by atoms with van der Waals surface area (Å²) in [5, 5.41) is 0.0194. The molecule has 1 aromatic carbocycles. The highest BCUT2D eigenvalue weighted by Gasteiger charge is 2.13. The molecule has 4 nitrogen and oxygen atoms in total. The molecule has 0 aliphatic carbocycles. The monoisotopic (exact) mass is 322 g/mol. The molecular weight excluding hydrogens is 307 g/mol. The Morgan fingerprint density at radius 2 is 2.14 bits per heavy atom. The van der Waals surface area contributed by atoms with Crippen LogP contribution in [0.5, 0.6) is 0 Å². The molecule has 116 valence electrons. The summed E-state index contributed by atoms with van der Waals surface area (Å²) in [5.74, 6) is -1.17. The summed E-state index contributed by atoms with van der Waals surface area (Å²) in [5.41, 5.74) is 7.11. The molecule has 6 heteroatoms. The third kappa shape index (κ3) is 4.05. The van der Waals surface area contributed by atoms with Gasteiger partial charge in [0.25, 0.3) is 0 Å². The van der Waals surface area contributed by atoms with Crippen molar-refractivity contribution in [2.24, 2.45) is 10.7 Å². The average molecular weight is 323 g/mol. The van der Waals surface area contributed by atoms with Crippen molar-refractivity contribution in [2.75, 3.05) is 7.11 Å². The molecule has 0 radical (unpaired) electrons. The molecule has 0 heterocycles. The van der Waals surface area contributed by atoms with Gasteiger partial charge in [0.15, 0.2) is 0 Å². The summed E-state index contributed by atoms with van der Waals surface area (Å²) in [6.45, 7) is 8.82. The molecule has 0 aliphatic rings. The number of esters is 1. The van der Waals surface area contributed by atoms with E-state index in [1.165, 1.54) is 25.3 Å². The minimum absolute atomic E-state index is 0.0194. The van der Waals surface area contributed by atoms with Crippen molar-refractivity contribution in [3.8, 4) is 0 Å². The lowest BCUT2D eigenvalue weighted by molar-refractivity contribution is -0.135. The Hall–Kier alpha value is -2.40. The second-order valence-electron chi connectivity index (χ2n) is 4.30. The van der Waals surface area contributed by atoms with Crippen LogP contribution in [0.25, 0.3) is 0 Å². The number of carbonyl (C=O) groups excluding carboxylic acids is 1. The number of rotatable bonds is 5. The molecule has 0 aromatic heterocycles. The van der Waals surface area contributed by atoms with Crippen LogP contribution in [0.3, 0.4) is 0 Å². The Morgan fingerprint density at radius 1 is 1.50 bits per heavy atom. The van der Waals surface area contributed by atoms with E-state index in [-0.39, 0.29) is 22.0 Å². The summed E-state index contributed by atoms with van der Waals surface area (Å²) in [4.78, 5) is 15.6. The van der Waals surface area contributed by atoms with Crippen molar-refractivity contribution in [3.05, 3.63) is 70.8 Å². The average Bonchev–Trinajstić information content (AvgIpc) is 2.49. The van der Waals surface area contributed by atoms with Gasteiger partial charge in [0.05, 0.1) is 17.7 Å². The SMILES string of the molecule is C=C/C(C(=C)C(=O)OC)=C(N)/N=C(\C)c1ccc(Cl)c(F)c1. The normalized spacial score (nSPS) is 12.5. The minimum atomic E-state index is -0.636. The van der Waals surface area contributed by atoms with Gasteiger partial charge < -0.3 is 10.5 Å². The summed E-state index contributed by atoms with van der Waals surface area (Å²) in [7, 11) is 1.23. The van der Waals surface area contributed by atoms with Crippen molar-refractivity contribution in [2.45, 2.75) is 6.92 Å². The minimum Gasteiger partial charge on any atom is -0.465 e. The largest absolute Gasteiger partial charge is 0.465 e. The summed E-state index contributed by atoms with van der Waals surface area (Å²) in [6.07, 6.45) is 1.35. The Morgan fingerprint density at radius 3 is 2.64 bits per heavy atom. The van der Waals surface area contributed by atoms with Crippen molar-refractivity contribution in [3.63, 3.8) is 0 Å². The fourth-order valence-electron chi connectivity index (χ4n) is 1.64. The Kier molecular flexibility index (Phi) is 6.07. The van der Waals surface area contributed by atoms with Crippen molar-refractivity contribution in [1.82, 2.24) is 0 Å². The van der Waals surface area contributed by atoms with E-state index in [0.29, 0.717) is 11.3 Å². The first-order valence-corrected chi connectivity index (χ1v) is 6.60.